The molecule has 1 heterocycles. The van der Waals surface area contributed by atoms with E-state index in [-0.39, 0.29) is 5.60 Å². The first kappa shape index (κ1) is 21.4. The fourth-order valence-electron chi connectivity index (χ4n) is 1.63. The number of carbonyl (C=O) groups is 1. The average molecular weight is 287 g/mol. The number of carbonyl (C=O) groups excluding carboxylic acids is 1. The first-order valence-corrected chi connectivity index (χ1v) is 7.38. The van der Waals surface area contributed by atoms with Crippen molar-refractivity contribution in [3.63, 3.8) is 0 Å². The second-order valence-electron chi connectivity index (χ2n) is 5.40. The third-order valence-electron chi connectivity index (χ3n) is 2.60. The predicted molar refractivity (Wildman–Crippen MR) is 84.9 cm³/mol. The van der Waals surface area contributed by atoms with Crippen LogP contribution in [0.4, 0.5) is 0 Å². The molecular formula is C16H33NO3. The highest BCUT2D eigenvalue weighted by atomic mass is 16.5. The Morgan fingerprint density at radius 1 is 1.30 bits per heavy atom. The van der Waals surface area contributed by atoms with Crippen LogP contribution >= 0.6 is 0 Å². The lowest BCUT2D eigenvalue weighted by Crippen LogP contribution is -2.22. The summed E-state index contributed by atoms with van der Waals surface area (Å²) in [6, 6.07) is 0.658. The van der Waals surface area contributed by atoms with Gasteiger partial charge >= 0.3 is 0 Å². The van der Waals surface area contributed by atoms with Crippen LogP contribution in [0.1, 0.15) is 47.5 Å². The van der Waals surface area contributed by atoms with Crippen LogP contribution in [0.2, 0.25) is 0 Å². The van der Waals surface area contributed by atoms with E-state index in [1.54, 1.807) is 7.11 Å². The molecule has 1 fully saturated rings. The molecular weight excluding hydrogens is 254 g/mol. The Kier molecular flexibility index (Phi) is 14.1. The number of rotatable bonds is 4. The van der Waals surface area contributed by atoms with E-state index in [2.05, 4.69) is 28.8 Å². The monoisotopic (exact) mass is 287 g/mol. The molecule has 4 heteroatoms. The summed E-state index contributed by atoms with van der Waals surface area (Å²) in [6.45, 7) is 11.9. The molecule has 0 aromatic heterocycles. The second-order valence-corrected chi connectivity index (χ2v) is 5.40. The number of ether oxygens (including phenoxy) is 2. The predicted octanol–water partition coefficient (Wildman–Crippen LogP) is 3.27. The summed E-state index contributed by atoms with van der Waals surface area (Å²) in [5.74, 6) is 0. The van der Waals surface area contributed by atoms with E-state index in [9.17, 15) is 4.79 Å². The molecule has 1 aliphatic heterocycles. The Balaban J connectivity index is 0. The first-order chi connectivity index (χ1) is 9.40. The van der Waals surface area contributed by atoms with Crippen molar-refractivity contribution in [2.45, 2.75) is 59.1 Å². The molecule has 0 aliphatic carbocycles. The zero-order valence-electron chi connectivity index (χ0n) is 14.3. The van der Waals surface area contributed by atoms with Gasteiger partial charge in [0.2, 0.25) is 0 Å². The third kappa shape index (κ3) is 13.6. The normalized spacial score (nSPS) is 18.9. The van der Waals surface area contributed by atoms with E-state index in [1.165, 1.54) is 19.4 Å². The minimum atomic E-state index is -0.318. The quantitative estimate of drug-likeness (QED) is 0.587. The van der Waals surface area contributed by atoms with Crippen LogP contribution < -0.4 is 0 Å². The van der Waals surface area contributed by atoms with E-state index in [0.717, 1.165) is 6.61 Å². The first-order valence-electron chi connectivity index (χ1n) is 7.38. The third-order valence-corrected chi connectivity index (χ3v) is 2.60. The van der Waals surface area contributed by atoms with Crippen molar-refractivity contribution in [1.29, 1.82) is 0 Å². The van der Waals surface area contributed by atoms with Crippen molar-refractivity contribution in [1.82, 2.24) is 4.90 Å². The maximum atomic E-state index is 9.60. The van der Waals surface area contributed by atoms with Gasteiger partial charge in [-0.05, 0) is 47.2 Å². The molecule has 0 aromatic rings. The van der Waals surface area contributed by atoms with Crippen molar-refractivity contribution < 1.29 is 14.3 Å². The number of hydrogen-bond acceptors (Lipinski definition) is 4. The Morgan fingerprint density at radius 2 is 1.90 bits per heavy atom. The molecule has 1 saturated heterocycles. The van der Waals surface area contributed by atoms with E-state index in [0.29, 0.717) is 12.5 Å². The molecule has 0 saturated carbocycles. The van der Waals surface area contributed by atoms with Crippen LogP contribution in [0.25, 0.3) is 0 Å². The van der Waals surface area contributed by atoms with Gasteiger partial charge in [0.05, 0.1) is 6.61 Å². The summed E-state index contributed by atoms with van der Waals surface area (Å²) in [7, 11) is 3.90. The zero-order chi connectivity index (χ0) is 16.0. The Bertz CT molecular complexity index is 247. The lowest BCUT2D eigenvalue weighted by molar-refractivity contribution is -0.138. The van der Waals surface area contributed by atoms with Gasteiger partial charge in [0.25, 0.3) is 6.47 Å². The van der Waals surface area contributed by atoms with Crippen molar-refractivity contribution in [2.75, 3.05) is 27.3 Å². The van der Waals surface area contributed by atoms with E-state index in [4.69, 9.17) is 4.74 Å². The minimum Gasteiger partial charge on any atom is -0.462 e. The largest absolute Gasteiger partial charge is 0.462 e. The topological polar surface area (TPSA) is 38.8 Å². The molecule has 1 unspecified atom stereocenters. The summed E-state index contributed by atoms with van der Waals surface area (Å²) in [5, 5.41) is 0. The minimum absolute atomic E-state index is 0.318. The smallest absolute Gasteiger partial charge is 0.293 e. The maximum absolute atomic E-state index is 9.60. The SMILES string of the molecule is CC.CC(C)(C)OC=O.COC/C=C/C1CCCN1C. The molecule has 0 spiro atoms. The van der Waals surface area contributed by atoms with Crippen molar-refractivity contribution in [2.24, 2.45) is 0 Å². The van der Waals surface area contributed by atoms with Gasteiger partial charge in [-0.15, -0.1) is 0 Å². The number of likely N-dealkylation sites (N-methyl/N-ethyl adjacent to an activating group) is 1. The number of likely N-dealkylation sites (tertiary alicyclic amines) is 1. The molecule has 1 atom stereocenters. The summed E-state index contributed by atoms with van der Waals surface area (Å²) in [6.07, 6.45) is 6.98. The molecule has 0 aromatic carbocycles. The standard InChI is InChI=1S/C9H17NO.C5H10O2.C2H6/c1-10-7-3-5-9(10)6-4-8-11-2;1-5(2,3)7-4-6;1-2/h4,6,9H,3,5,7-8H2,1-2H3;4H,1-3H3;1-2H3/b6-4+;;. The highest BCUT2D eigenvalue weighted by Gasteiger charge is 2.16. The van der Waals surface area contributed by atoms with Gasteiger partial charge in [-0.25, -0.2) is 0 Å². The van der Waals surface area contributed by atoms with Crippen molar-refractivity contribution in [3.05, 3.63) is 12.2 Å². The lowest BCUT2D eigenvalue weighted by Gasteiger charge is -2.14. The fraction of sp³-hybridized carbons (Fsp3) is 0.812. The number of nitrogens with zero attached hydrogens (tertiary/aromatic N) is 1. The fourth-order valence-corrected chi connectivity index (χ4v) is 1.63. The van der Waals surface area contributed by atoms with Gasteiger partial charge in [-0.2, -0.15) is 0 Å². The maximum Gasteiger partial charge on any atom is 0.293 e. The van der Waals surface area contributed by atoms with Crippen LogP contribution in [0.3, 0.4) is 0 Å². The summed E-state index contributed by atoms with van der Waals surface area (Å²) in [5.41, 5.74) is -0.318. The highest BCUT2D eigenvalue weighted by molar-refractivity contribution is 5.37. The summed E-state index contributed by atoms with van der Waals surface area (Å²) >= 11 is 0. The molecule has 4 nitrogen and oxygen atoms in total. The Hall–Kier alpha value is -0.870. The highest BCUT2D eigenvalue weighted by Crippen LogP contribution is 2.15. The molecule has 120 valence electrons. The Morgan fingerprint density at radius 3 is 2.20 bits per heavy atom. The van der Waals surface area contributed by atoms with E-state index < -0.39 is 0 Å². The summed E-state index contributed by atoms with van der Waals surface area (Å²) < 4.78 is 9.48. The van der Waals surface area contributed by atoms with Crippen LogP contribution in [-0.4, -0.2) is 50.3 Å². The van der Waals surface area contributed by atoms with Crippen LogP contribution in [0, 0.1) is 0 Å². The van der Waals surface area contributed by atoms with Gasteiger partial charge in [-0.3, -0.25) is 9.69 Å². The van der Waals surface area contributed by atoms with Crippen molar-refractivity contribution >= 4 is 6.47 Å². The molecule has 0 N–H and O–H groups in total. The van der Waals surface area contributed by atoms with Crippen LogP contribution in [-0.2, 0) is 14.3 Å². The lowest BCUT2D eigenvalue weighted by atomic mass is 10.2. The van der Waals surface area contributed by atoms with Gasteiger partial charge in [0, 0.05) is 13.2 Å². The van der Waals surface area contributed by atoms with Gasteiger partial charge in [0.15, 0.2) is 0 Å². The molecule has 20 heavy (non-hydrogen) atoms. The Labute approximate surface area is 125 Å². The molecule has 1 rings (SSSR count). The van der Waals surface area contributed by atoms with E-state index in [1.807, 2.05) is 34.6 Å². The summed E-state index contributed by atoms with van der Waals surface area (Å²) in [4.78, 5) is 12.0. The molecule has 1 aliphatic rings. The number of hydrogen-bond donors (Lipinski definition) is 0. The molecule has 0 radical (unpaired) electrons. The van der Waals surface area contributed by atoms with Crippen LogP contribution in [0.15, 0.2) is 12.2 Å². The molecule has 0 bridgehead atoms. The van der Waals surface area contributed by atoms with E-state index >= 15 is 0 Å². The second kappa shape index (κ2) is 13.1. The van der Waals surface area contributed by atoms with Crippen LogP contribution in [0.5, 0.6) is 0 Å². The van der Waals surface area contributed by atoms with Crippen molar-refractivity contribution in [3.8, 4) is 0 Å². The molecule has 0 amide bonds. The van der Waals surface area contributed by atoms with Gasteiger partial charge in [0.1, 0.15) is 5.60 Å². The van der Waals surface area contributed by atoms with Gasteiger partial charge in [-0.1, -0.05) is 26.0 Å². The number of methoxy groups -OCH3 is 1. The average Bonchev–Trinajstić information content (AvgIpc) is 2.77. The van der Waals surface area contributed by atoms with Gasteiger partial charge < -0.3 is 9.47 Å². The zero-order valence-corrected chi connectivity index (χ0v) is 14.3.